The van der Waals surface area contributed by atoms with Crippen LogP contribution >= 0.6 is 24.0 Å². The number of nitrogens with zero attached hydrogens (tertiary/aromatic N) is 3. The van der Waals surface area contributed by atoms with Crippen LogP contribution in [-0.2, 0) is 0 Å². The number of halogens is 1. The van der Waals surface area contributed by atoms with Crippen LogP contribution in [-0.4, -0.2) is 60.9 Å². The third-order valence-electron chi connectivity index (χ3n) is 3.24. The molecule has 1 N–H and O–H groups in total. The second-order valence-electron chi connectivity index (χ2n) is 4.58. The number of carbonyl (C=O) groups excluding carboxylic acids is 1. The van der Waals surface area contributed by atoms with E-state index in [4.69, 9.17) is 4.42 Å². The molecule has 0 saturated carbocycles. The first kappa shape index (κ1) is 17.8. The van der Waals surface area contributed by atoms with E-state index in [-0.39, 0.29) is 29.9 Å². The zero-order chi connectivity index (χ0) is 14.4. The highest BCUT2D eigenvalue weighted by atomic mass is 127. The number of furan rings is 1. The molecule has 0 atom stereocenters. The maximum absolute atomic E-state index is 12.2. The third kappa shape index (κ3) is 4.62. The quantitative estimate of drug-likeness (QED) is 0.471. The molecule has 1 saturated heterocycles. The number of guanidine groups is 1. The van der Waals surface area contributed by atoms with E-state index in [0.29, 0.717) is 18.8 Å². The minimum Gasteiger partial charge on any atom is -0.459 e. The first-order valence-corrected chi connectivity index (χ1v) is 7.12. The highest BCUT2D eigenvalue weighted by molar-refractivity contribution is 14.0. The minimum atomic E-state index is -0.0351. The number of carbonyl (C=O) groups is 1. The normalized spacial score (nSPS) is 15.6. The molecule has 0 spiro atoms. The van der Waals surface area contributed by atoms with Crippen molar-refractivity contribution in [2.75, 3.05) is 39.3 Å². The number of nitrogens with one attached hydrogen (secondary N) is 1. The number of rotatable bonds is 3. The summed E-state index contributed by atoms with van der Waals surface area (Å²) in [6.45, 7) is 8.64. The number of piperazine rings is 1. The maximum Gasteiger partial charge on any atom is 0.289 e. The fourth-order valence-electron chi connectivity index (χ4n) is 2.25. The zero-order valence-electron chi connectivity index (χ0n) is 12.5. The molecule has 0 bridgehead atoms. The molecule has 0 aromatic carbocycles. The van der Waals surface area contributed by atoms with E-state index in [2.05, 4.69) is 22.1 Å². The highest BCUT2D eigenvalue weighted by Gasteiger charge is 2.24. The van der Waals surface area contributed by atoms with E-state index in [1.54, 1.807) is 12.1 Å². The van der Waals surface area contributed by atoms with Gasteiger partial charge in [-0.15, -0.1) is 24.0 Å². The SMILES string of the molecule is CCN=C(NCC)N1CCN(C(=O)c2ccco2)CC1.I. The molecule has 1 aliphatic heterocycles. The lowest BCUT2D eigenvalue weighted by Crippen LogP contribution is -2.53. The van der Waals surface area contributed by atoms with Crippen molar-refractivity contribution in [3.8, 4) is 0 Å². The Balaban J connectivity index is 0.00000220. The molecule has 0 unspecified atom stereocenters. The van der Waals surface area contributed by atoms with Gasteiger partial charge >= 0.3 is 0 Å². The van der Waals surface area contributed by atoms with Gasteiger partial charge in [0.25, 0.3) is 5.91 Å². The molecular weight excluding hydrogens is 383 g/mol. The Morgan fingerprint density at radius 2 is 1.95 bits per heavy atom. The topological polar surface area (TPSA) is 61.1 Å². The fourth-order valence-corrected chi connectivity index (χ4v) is 2.25. The Kier molecular flexibility index (Phi) is 7.55. The average molecular weight is 406 g/mol. The van der Waals surface area contributed by atoms with E-state index in [1.165, 1.54) is 6.26 Å². The molecule has 21 heavy (non-hydrogen) atoms. The van der Waals surface area contributed by atoms with Gasteiger partial charge in [0.05, 0.1) is 6.26 Å². The zero-order valence-corrected chi connectivity index (χ0v) is 14.9. The number of aliphatic imine (C=N–C) groups is 1. The molecule has 0 aliphatic carbocycles. The Bertz CT molecular complexity index is 454. The summed E-state index contributed by atoms with van der Waals surface area (Å²) in [5.74, 6) is 1.31. The summed E-state index contributed by atoms with van der Waals surface area (Å²) < 4.78 is 5.16. The Labute approximate surface area is 142 Å². The first-order chi connectivity index (χ1) is 9.76. The molecule has 6 nitrogen and oxygen atoms in total. The molecular formula is C14H23IN4O2. The molecule has 2 heterocycles. The van der Waals surface area contributed by atoms with E-state index < -0.39 is 0 Å². The van der Waals surface area contributed by atoms with Gasteiger partial charge in [0, 0.05) is 39.3 Å². The molecule has 7 heteroatoms. The van der Waals surface area contributed by atoms with E-state index >= 15 is 0 Å². The van der Waals surface area contributed by atoms with Crippen molar-refractivity contribution in [1.29, 1.82) is 0 Å². The van der Waals surface area contributed by atoms with Gasteiger partial charge < -0.3 is 19.5 Å². The number of amides is 1. The summed E-state index contributed by atoms with van der Waals surface area (Å²) in [4.78, 5) is 20.6. The second kappa shape index (κ2) is 8.91. The van der Waals surface area contributed by atoms with Crippen molar-refractivity contribution in [1.82, 2.24) is 15.1 Å². The van der Waals surface area contributed by atoms with Crippen molar-refractivity contribution < 1.29 is 9.21 Å². The molecule has 118 valence electrons. The van der Waals surface area contributed by atoms with Crippen LogP contribution in [0, 0.1) is 0 Å². The van der Waals surface area contributed by atoms with Gasteiger partial charge in [-0.05, 0) is 26.0 Å². The lowest BCUT2D eigenvalue weighted by atomic mass is 10.3. The Hall–Kier alpha value is -1.25. The van der Waals surface area contributed by atoms with Crippen LogP contribution in [0.4, 0.5) is 0 Å². The van der Waals surface area contributed by atoms with Gasteiger partial charge in [-0.1, -0.05) is 0 Å². The largest absolute Gasteiger partial charge is 0.459 e. The summed E-state index contributed by atoms with van der Waals surface area (Å²) in [6, 6.07) is 3.44. The van der Waals surface area contributed by atoms with Crippen molar-refractivity contribution in [3.63, 3.8) is 0 Å². The molecule has 1 aliphatic rings. The van der Waals surface area contributed by atoms with Gasteiger partial charge in [-0.25, -0.2) is 0 Å². The summed E-state index contributed by atoms with van der Waals surface area (Å²) in [5, 5.41) is 3.28. The monoisotopic (exact) mass is 406 g/mol. The molecule has 1 fully saturated rings. The first-order valence-electron chi connectivity index (χ1n) is 7.12. The van der Waals surface area contributed by atoms with Gasteiger partial charge in [0.2, 0.25) is 0 Å². The molecule has 2 rings (SSSR count). The summed E-state index contributed by atoms with van der Waals surface area (Å²) >= 11 is 0. The van der Waals surface area contributed by atoms with Gasteiger partial charge in [0.1, 0.15) is 0 Å². The molecule has 1 aromatic heterocycles. The summed E-state index contributed by atoms with van der Waals surface area (Å²) in [5.41, 5.74) is 0. The van der Waals surface area contributed by atoms with E-state index in [1.807, 2.05) is 11.8 Å². The third-order valence-corrected chi connectivity index (χ3v) is 3.24. The van der Waals surface area contributed by atoms with Crippen LogP contribution in [0.1, 0.15) is 24.4 Å². The van der Waals surface area contributed by atoms with Gasteiger partial charge in [0.15, 0.2) is 11.7 Å². The second-order valence-corrected chi connectivity index (χ2v) is 4.58. The van der Waals surface area contributed by atoms with Gasteiger partial charge in [-0.3, -0.25) is 9.79 Å². The molecule has 1 aromatic rings. The highest BCUT2D eigenvalue weighted by Crippen LogP contribution is 2.09. The smallest absolute Gasteiger partial charge is 0.289 e. The van der Waals surface area contributed by atoms with Crippen LogP contribution in [0.2, 0.25) is 0 Å². The van der Waals surface area contributed by atoms with Crippen molar-refractivity contribution in [2.45, 2.75) is 13.8 Å². The van der Waals surface area contributed by atoms with Crippen LogP contribution < -0.4 is 5.32 Å². The van der Waals surface area contributed by atoms with Crippen LogP contribution in [0.5, 0.6) is 0 Å². The minimum absolute atomic E-state index is 0. The molecule has 0 radical (unpaired) electrons. The van der Waals surface area contributed by atoms with Crippen LogP contribution in [0.3, 0.4) is 0 Å². The predicted octanol–water partition coefficient (Wildman–Crippen LogP) is 1.64. The lowest BCUT2D eigenvalue weighted by Gasteiger charge is -2.36. The Morgan fingerprint density at radius 1 is 1.29 bits per heavy atom. The summed E-state index contributed by atoms with van der Waals surface area (Å²) in [6.07, 6.45) is 1.53. The maximum atomic E-state index is 12.2. The molecule has 1 amide bonds. The van der Waals surface area contributed by atoms with Crippen molar-refractivity contribution in [3.05, 3.63) is 24.2 Å². The van der Waals surface area contributed by atoms with Crippen molar-refractivity contribution in [2.24, 2.45) is 4.99 Å². The fraction of sp³-hybridized carbons (Fsp3) is 0.571. The lowest BCUT2D eigenvalue weighted by molar-refractivity contribution is 0.0657. The van der Waals surface area contributed by atoms with Crippen LogP contribution in [0.25, 0.3) is 0 Å². The van der Waals surface area contributed by atoms with Gasteiger partial charge in [-0.2, -0.15) is 0 Å². The summed E-state index contributed by atoms with van der Waals surface area (Å²) in [7, 11) is 0. The average Bonchev–Trinajstić information content (AvgIpc) is 3.01. The van der Waals surface area contributed by atoms with Crippen molar-refractivity contribution >= 4 is 35.8 Å². The van der Waals surface area contributed by atoms with Crippen LogP contribution in [0.15, 0.2) is 27.8 Å². The number of hydrogen-bond acceptors (Lipinski definition) is 3. The van der Waals surface area contributed by atoms with E-state index in [0.717, 1.165) is 32.1 Å². The standard InChI is InChI=1S/C14H22N4O2.HI/c1-3-15-14(16-4-2)18-9-7-17(8-10-18)13(19)12-6-5-11-20-12;/h5-6,11H,3-4,7-10H2,1-2H3,(H,15,16);1H. The predicted molar refractivity (Wildman–Crippen MR) is 93.3 cm³/mol. The van der Waals surface area contributed by atoms with E-state index in [9.17, 15) is 4.79 Å². The Morgan fingerprint density at radius 3 is 2.48 bits per heavy atom. The number of hydrogen-bond donors (Lipinski definition) is 1.